The van der Waals surface area contributed by atoms with Crippen molar-refractivity contribution in [2.75, 3.05) is 44.1 Å². The Balaban J connectivity index is 1.39. The van der Waals surface area contributed by atoms with E-state index in [4.69, 9.17) is 9.47 Å². The number of pyridine rings is 1. The third-order valence-electron chi connectivity index (χ3n) is 7.18. The monoisotopic (exact) mass is 504 g/mol. The third kappa shape index (κ3) is 7.12. The molecule has 2 aliphatic rings. The summed E-state index contributed by atoms with van der Waals surface area (Å²) in [5, 5.41) is 20.7. The fourth-order valence-corrected chi connectivity index (χ4v) is 5.07. The standard InChI is InChI=1S/C27H38F2N4O3/c1-18(16-35-2)32-20-4-6-21(7-5-20)33-26-14-22(24(29)15-30-26)19-3-8-23(28)25(13-19)31-17-27(34)9-11-36-12-10-27/h3,8,13-15,18,20-21,31-32,34H,4-7,9-12,16-17H2,1-2H3,(H,30,33). The quantitative estimate of drug-likeness (QED) is 0.383. The molecule has 1 unspecified atom stereocenters. The van der Waals surface area contributed by atoms with Crippen molar-refractivity contribution in [2.24, 2.45) is 0 Å². The number of ether oxygens (including phenoxy) is 2. The number of methoxy groups -OCH3 is 1. The van der Waals surface area contributed by atoms with Crippen LogP contribution in [0.1, 0.15) is 45.4 Å². The molecule has 2 heterocycles. The third-order valence-corrected chi connectivity index (χ3v) is 7.18. The summed E-state index contributed by atoms with van der Waals surface area (Å²) in [5.41, 5.74) is 0.173. The first-order valence-corrected chi connectivity index (χ1v) is 12.9. The van der Waals surface area contributed by atoms with Gasteiger partial charge in [0.05, 0.1) is 24.1 Å². The number of aliphatic hydroxyl groups is 1. The van der Waals surface area contributed by atoms with Gasteiger partial charge in [-0.2, -0.15) is 0 Å². The average Bonchev–Trinajstić information content (AvgIpc) is 2.87. The molecule has 1 aliphatic carbocycles. The van der Waals surface area contributed by atoms with E-state index in [1.54, 1.807) is 25.3 Å². The molecule has 4 N–H and O–H groups in total. The molecule has 9 heteroatoms. The normalized spacial score (nSPS) is 22.7. The molecule has 1 saturated carbocycles. The van der Waals surface area contributed by atoms with Crippen molar-refractivity contribution in [3.63, 3.8) is 0 Å². The van der Waals surface area contributed by atoms with Gasteiger partial charge in [0.15, 0.2) is 0 Å². The van der Waals surface area contributed by atoms with Crippen LogP contribution in [0.15, 0.2) is 30.5 Å². The number of halogens is 2. The van der Waals surface area contributed by atoms with Crippen molar-refractivity contribution in [3.8, 4) is 11.1 Å². The lowest BCUT2D eigenvalue weighted by molar-refractivity contribution is -0.0543. The highest BCUT2D eigenvalue weighted by Gasteiger charge is 2.30. The second-order valence-corrected chi connectivity index (χ2v) is 10.2. The minimum Gasteiger partial charge on any atom is -0.388 e. The molecule has 4 rings (SSSR count). The first-order valence-electron chi connectivity index (χ1n) is 12.9. The van der Waals surface area contributed by atoms with E-state index in [2.05, 4.69) is 27.9 Å². The number of hydrogen-bond acceptors (Lipinski definition) is 7. The van der Waals surface area contributed by atoms with Gasteiger partial charge in [-0.1, -0.05) is 6.07 Å². The first-order chi connectivity index (χ1) is 17.3. The highest BCUT2D eigenvalue weighted by atomic mass is 19.1. The van der Waals surface area contributed by atoms with Gasteiger partial charge >= 0.3 is 0 Å². The summed E-state index contributed by atoms with van der Waals surface area (Å²) in [7, 11) is 1.71. The van der Waals surface area contributed by atoms with E-state index in [1.807, 2.05) is 0 Å². The maximum Gasteiger partial charge on any atom is 0.149 e. The lowest BCUT2D eigenvalue weighted by Crippen LogP contribution is -2.42. The van der Waals surface area contributed by atoms with E-state index < -0.39 is 17.2 Å². The van der Waals surface area contributed by atoms with E-state index >= 15 is 0 Å². The maximum atomic E-state index is 14.8. The number of aromatic nitrogens is 1. The van der Waals surface area contributed by atoms with Crippen LogP contribution in [0.5, 0.6) is 0 Å². The molecule has 198 valence electrons. The van der Waals surface area contributed by atoms with Gasteiger partial charge < -0.3 is 30.5 Å². The number of anilines is 2. The molecule has 0 radical (unpaired) electrons. The molecule has 1 aromatic heterocycles. The number of hydrogen-bond donors (Lipinski definition) is 4. The first kappa shape index (κ1) is 26.7. The Morgan fingerprint density at radius 3 is 2.56 bits per heavy atom. The van der Waals surface area contributed by atoms with E-state index in [-0.39, 0.29) is 18.3 Å². The van der Waals surface area contributed by atoms with Gasteiger partial charge in [0, 0.05) is 63.4 Å². The molecular formula is C27H38F2N4O3. The molecule has 1 saturated heterocycles. The van der Waals surface area contributed by atoms with Crippen LogP contribution in [-0.4, -0.2) is 67.3 Å². The van der Waals surface area contributed by atoms with E-state index in [9.17, 15) is 13.9 Å². The van der Waals surface area contributed by atoms with Crippen molar-refractivity contribution in [3.05, 3.63) is 42.1 Å². The summed E-state index contributed by atoms with van der Waals surface area (Å²) in [5.74, 6) is -0.320. The van der Waals surface area contributed by atoms with Crippen LogP contribution in [0, 0.1) is 11.6 Å². The van der Waals surface area contributed by atoms with Gasteiger partial charge in [-0.3, -0.25) is 0 Å². The van der Waals surface area contributed by atoms with Gasteiger partial charge in [0.25, 0.3) is 0 Å². The highest BCUT2D eigenvalue weighted by Crippen LogP contribution is 2.30. The summed E-state index contributed by atoms with van der Waals surface area (Å²) in [6, 6.07) is 7.19. The number of rotatable bonds is 10. The number of nitrogens with one attached hydrogen (secondary N) is 3. The maximum absolute atomic E-state index is 14.8. The van der Waals surface area contributed by atoms with Crippen LogP contribution >= 0.6 is 0 Å². The van der Waals surface area contributed by atoms with Crippen LogP contribution in [-0.2, 0) is 9.47 Å². The van der Waals surface area contributed by atoms with Crippen molar-refractivity contribution in [1.82, 2.24) is 10.3 Å². The zero-order valence-electron chi connectivity index (χ0n) is 21.2. The molecular weight excluding hydrogens is 466 g/mol. The van der Waals surface area contributed by atoms with Crippen LogP contribution < -0.4 is 16.0 Å². The van der Waals surface area contributed by atoms with Crippen LogP contribution in [0.25, 0.3) is 11.1 Å². The second kappa shape index (κ2) is 12.3. The fraction of sp³-hybridized carbons (Fsp3) is 0.593. The molecule has 36 heavy (non-hydrogen) atoms. The van der Waals surface area contributed by atoms with Crippen LogP contribution in [0.3, 0.4) is 0 Å². The minimum atomic E-state index is -0.948. The lowest BCUT2D eigenvalue weighted by Gasteiger charge is -2.32. The topological polar surface area (TPSA) is 87.7 Å². The van der Waals surface area contributed by atoms with E-state index in [0.717, 1.165) is 25.7 Å². The Labute approximate surface area is 212 Å². The summed E-state index contributed by atoms with van der Waals surface area (Å²) >= 11 is 0. The van der Waals surface area contributed by atoms with E-state index in [1.165, 1.54) is 12.3 Å². The number of benzene rings is 1. The molecule has 1 aromatic carbocycles. The Kier molecular flexibility index (Phi) is 9.11. The van der Waals surface area contributed by atoms with Crippen LogP contribution in [0.4, 0.5) is 20.3 Å². The van der Waals surface area contributed by atoms with Crippen molar-refractivity contribution < 1.29 is 23.4 Å². The summed E-state index contributed by atoms with van der Waals surface area (Å²) in [6.45, 7) is 3.97. The zero-order valence-corrected chi connectivity index (χ0v) is 21.2. The predicted octanol–water partition coefficient (Wildman–Crippen LogP) is 4.33. The molecule has 2 fully saturated rings. The van der Waals surface area contributed by atoms with Gasteiger partial charge in [-0.15, -0.1) is 0 Å². The van der Waals surface area contributed by atoms with Crippen molar-refractivity contribution >= 4 is 11.5 Å². The Morgan fingerprint density at radius 2 is 1.83 bits per heavy atom. The van der Waals surface area contributed by atoms with E-state index in [0.29, 0.717) is 61.7 Å². The van der Waals surface area contributed by atoms with Crippen molar-refractivity contribution in [2.45, 2.75) is 69.2 Å². The molecule has 2 aromatic rings. The zero-order chi connectivity index (χ0) is 25.5. The van der Waals surface area contributed by atoms with Gasteiger partial charge in [0.1, 0.15) is 17.5 Å². The highest BCUT2D eigenvalue weighted by molar-refractivity contribution is 5.71. The molecule has 7 nitrogen and oxygen atoms in total. The van der Waals surface area contributed by atoms with Crippen molar-refractivity contribution in [1.29, 1.82) is 0 Å². The predicted molar refractivity (Wildman–Crippen MR) is 137 cm³/mol. The fourth-order valence-electron chi connectivity index (χ4n) is 5.07. The molecule has 1 aliphatic heterocycles. The molecule has 0 spiro atoms. The Bertz CT molecular complexity index is 995. The van der Waals surface area contributed by atoms with Gasteiger partial charge in [0.2, 0.25) is 0 Å². The Hall–Kier alpha value is -2.33. The van der Waals surface area contributed by atoms with Gasteiger partial charge in [-0.05, 0) is 56.4 Å². The average molecular weight is 505 g/mol. The smallest absolute Gasteiger partial charge is 0.149 e. The molecule has 1 atom stereocenters. The summed E-state index contributed by atoms with van der Waals surface area (Å²) < 4.78 is 39.8. The summed E-state index contributed by atoms with van der Waals surface area (Å²) in [4.78, 5) is 4.24. The number of nitrogens with zero attached hydrogens (tertiary/aromatic N) is 1. The SMILES string of the molecule is COCC(C)NC1CCC(Nc2cc(-c3ccc(F)c(NCC4(O)CCOCC4)c3)c(F)cn2)CC1. The van der Waals surface area contributed by atoms with Crippen LogP contribution in [0.2, 0.25) is 0 Å². The lowest BCUT2D eigenvalue weighted by atomic mass is 9.90. The second-order valence-electron chi connectivity index (χ2n) is 10.2. The minimum absolute atomic E-state index is 0.199. The molecule has 0 bridgehead atoms. The summed E-state index contributed by atoms with van der Waals surface area (Å²) in [6.07, 6.45) is 6.25. The largest absolute Gasteiger partial charge is 0.388 e. The van der Waals surface area contributed by atoms with Gasteiger partial charge in [-0.25, -0.2) is 13.8 Å². The Morgan fingerprint density at radius 1 is 1.11 bits per heavy atom. The molecule has 0 amide bonds.